The summed E-state index contributed by atoms with van der Waals surface area (Å²) in [6, 6.07) is 4.92. The van der Waals surface area contributed by atoms with Crippen molar-refractivity contribution in [3.8, 4) is 0 Å². The van der Waals surface area contributed by atoms with E-state index in [1.54, 1.807) is 13.0 Å². The van der Waals surface area contributed by atoms with Crippen molar-refractivity contribution < 1.29 is 19.2 Å². The number of hydrazine groups is 1. The van der Waals surface area contributed by atoms with Gasteiger partial charge in [0.05, 0.1) is 0 Å². The van der Waals surface area contributed by atoms with Crippen LogP contribution in [0.1, 0.15) is 47.7 Å². The van der Waals surface area contributed by atoms with E-state index in [1.807, 2.05) is 12.1 Å². The van der Waals surface area contributed by atoms with Crippen molar-refractivity contribution in [3.05, 3.63) is 34.9 Å². The van der Waals surface area contributed by atoms with E-state index in [0.717, 1.165) is 42.6 Å². The second-order valence-corrected chi connectivity index (χ2v) is 7.64. The minimum Gasteiger partial charge on any atom is -0.323 e. The molecule has 1 heterocycles. The third-order valence-electron chi connectivity index (χ3n) is 5.67. The van der Waals surface area contributed by atoms with Crippen LogP contribution in [0.4, 0.5) is 4.79 Å². The maximum absolute atomic E-state index is 12.5. The van der Waals surface area contributed by atoms with E-state index < -0.39 is 35.8 Å². The topological polar surface area (TPSA) is 108 Å². The molecule has 5 amide bonds. The molecule has 1 saturated heterocycles. The van der Waals surface area contributed by atoms with E-state index >= 15 is 0 Å². The van der Waals surface area contributed by atoms with Gasteiger partial charge >= 0.3 is 6.03 Å². The van der Waals surface area contributed by atoms with Crippen molar-refractivity contribution in [2.75, 3.05) is 6.54 Å². The average molecular weight is 370 g/mol. The zero-order valence-corrected chi connectivity index (χ0v) is 15.1. The standard InChI is InChI=1S/C19H22N4O4/c1-19(14-7-8-14)17(26)23(18(27)20-19)10-15(24)21-22-16(25)13-6-5-11-3-2-4-12(11)9-13/h5-6,9,14H,2-4,7-8,10H2,1H3,(H,20,27)(H,21,24)(H,22,25)/t19-/m0/s1. The van der Waals surface area contributed by atoms with E-state index in [0.29, 0.717) is 5.56 Å². The van der Waals surface area contributed by atoms with Gasteiger partial charge in [0.1, 0.15) is 12.1 Å². The fourth-order valence-electron chi connectivity index (χ4n) is 3.89. The van der Waals surface area contributed by atoms with Gasteiger partial charge in [-0.3, -0.25) is 30.1 Å². The van der Waals surface area contributed by atoms with Gasteiger partial charge in [-0.1, -0.05) is 6.07 Å². The van der Waals surface area contributed by atoms with Crippen LogP contribution in [0.25, 0.3) is 0 Å². The van der Waals surface area contributed by atoms with Crippen molar-refractivity contribution in [1.82, 2.24) is 21.1 Å². The van der Waals surface area contributed by atoms with Crippen LogP contribution in [0.15, 0.2) is 18.2 Å². The highest BCUT2D eigenvalue weighted by Crippen LogP contribution is 2.42. The minimum absolute atomic E-state index is 0.126. The molecule has 1 atom stereocenters. The van der Waals surface area contributed by atoms with Gasteiger partial charge in [0.15, 0.2) is 0 Å². The third-order valence-corrected chi connectivity index (χ3v) is 5.67. The summed E-state index contributed by atoms with van der Waals surface area (Å²) in [5.41, 5.74) is 6.57. The van der Waals surface area contributed by atoms with Crippen LogP contribution in [0.5, 0.6) is 0 Å². The Kier molecular flexibility index (Phi) is 4.13. The van der Waals surface area contributed by atoms with Gasteiger partial charge in [0.25, 0.3) is 17.7 Å². The Bertz CT molecular complexity index is 848. The molecule has 0 bridgehead atoms. The highest BCUT2D eigenvalue weighted by molar-refractivity contribution is 6.09. The molecule has 2 aliphatic carbocycles. The van der Waals surface area contributed by atoms with E-state index in [9.17, 15) is 19.2 Å². The fourth-order valence-corrected chi connectivity index (χ4v) is 3.89. The lowest BCUT2D eigenvalue weighted by molar-refractivity contribution is -0.135. The molecule has 1 aromatic carbocycles. The maximum Gasteiger partial charge on any atom is 0.325 e. The number of nitrogens with zero attached hydrogens (tertiary/aromatic N) is 1. The third kappa shape index (κ3) is 3.15. The first-order chi connectivity index (χ1) is 12.9. The quantitative estimate of drug-likeness (QED) is 0.534. The number of urea groups is 1. The summed E-state index contributed by atoms with van der Waals surface area (Å²) >= 11 is 0. The molecule has 4 rings (SSSR count). The number of carbonyl (C=O) groups is 4. The molecule has 1 aliphatic heterocycles. The van der Waals surface area contributed by atoms with Gasteiger partial charge in [-0.05, 0) is 68.2 Å². The molecule has 27 heavy (non-hydrogen) atoms. The monoisotopic (exact) mass is 370 g/mol. The number of imide groups is 1. The molecule has 3 aliphatic rings. The zero-order chi connectivity index (χ0) is 19.2. The first-order valence-electron chi connectivity index (χ1n) is 9.23. The average Bonchev–Trinajstić information content (AvgIpc) is 3.36. The van der Waals surface area contributed by atoms with Crippen LogP contribution < -0.4 is 16.2 Å². The second-order valence-electron chi connectivity index (χ2n) is 7.64. The van der Waals surface area contributed by atoms with Crippen molar-refractivity contribution in [1.29, 1.82) is 0 Å². The Morgan fingerprint density at radius 1 is 1.19 bits per heavy atom. The summed E-state index contributed by atoms with van der Waals surface area (Å²) in [5.74, 6) is -1.33. The van der Waals surface area contributed by atoms with Crippen molar-refractivity contribution in [2.45, 2.75) is 44.6 Å². The lowest BCUT2D eigenvalue weighted by Gasteiger charge is -2.20. The fraction of sp³-hybridized carbons (Fsp3) is 0.474. The van der Waals surface area contributed by atoms with Gasteiger partial charge in [-0.25, -0.2) is 4.79 Å². The number of aryl methyl sites for hydroxylation is 2. The molecule has 2 fully saturated rings. The molecule has 0 aromatic heterocycles. The van der Waals surface area contributed by atoms with E-state index in [4.69, 9.17) is 0 Å². The van der Waals surface area contributed by atoms with Crippen molar-refractivity contribution >= 4 is 23.8 Å². The lowest BCUT2D eigenvalue weighted by atomic mass is 9.96. The SMILES string of the molecule is C[C@@]1(C2CC2)NC(=O)N(CC(=O)NNC(=O)c2ccc3c(c2)CCC3)C1=O. The van der Waals surface area contributed by atoms with E-state index in [1.165, 1.54) is 5.56 Å². The first-order valence-corrected chi connectivity index (χ1v) is 9.23. The smallest absolute Gasteiger partial charge is 0.323 e. The molecule has 8 heteroatoms. The molecule has 8 nitrogen and oxygen atoms in total. The van der Waals surface area contributed by atoms with Crippen LogP contribution in [-0.2, 0) is 22.4 Å². The molecular formula is C19H22N4O4. The predicted molar refractivity (Wildman–Crippen MR) is 95.4 cm³/mol. The largest absolute Gasteiger partial charge is 0.325 e. The molecule has 3 N–H and O–H groups in total. The summed E-state index contributed by atoms with van der Waals surface area (Å²) < 4.78 is 0. The number of fused-ring (bicyclic) bond motifs is 1. The normalized spacial score (nSPS) is 23.8. The van der Waals surface area contributed by atoms with Crippen molar-refractivity contribution in [3.63, 3.8) is 0 Å². The Hall–Kier alpha value is -2.90. The van der Waals surface area contributed by atoms with Gasteiger partial charge in [0, 0.05) is 5.56 Å². The highest BCUT2D eigenvalue weighted by atomic mass is 16.2. The Morgan fingerprint density at radius 3 is 2.67 bits per heavy atom. The van der Waals surface area contributed by atoms with Crippen LogP contribution in [0.2, 0.25) is 0 Å². The molecule has 0 spiro atoms. The number of nitrogens with one attached hydrogen (secondary N) is 3. The Labute approximate surface area is 156 Å². The molecule has 0 radical (unpaired) electrons. The van der Waals surface area contributed by atoms with Gasteiger partial charge < -0.3 is 5.32 Å². The highest BCUT2D eigenvalue weighted by Gasteiger charge is 2.56. The van der Waals surface area contributed by atoms with Gasteiger partial charge in [-0.2, -0.15) is 0 Å². The van der Waals surface area contributed by atoms with Gasteiger partial charge in [0.2, 0.25) is 0 Å². The maximum atomic E-state index is 12.5. The summed E-state index contributed by atoms with van der Waals surface area (Å²) in [4.78, 5) is 49.8. The van der Waals surface area contributed by atoms with Gasteiger partial charge in [-0.15, -0.1) is 0 Å². The first kappa shape index (κ1) is 17.5. The minimum atomic E-state index is -0.926. The molecule has 142 valence electrons. The molecule has 1 saturated carbocycles. The molecule has 0 unspecified atom stereocenters. The summed E-state index contributed by atoms with van der Waals surface area (Å²) in [5, 5.41) is 2.68. The summed E-state index contributed by atoms with van der Waals surface area (Å²) in [7, 11) is 0. The van der Waals surface area contributed by atoms with Crippen molar-refractivity contribution in [2.24, 2.45) is 5.92 Å². The summed E-state index contributed by atoms with van der Waals surface area (Å²) in [6.45, 7) is 1.26. The predicted octanol–water partition coefficient (Wildman–Crippen LogP) is 0.657. The van der Waals surface area contributed by atoms with Crippen LogP contribution in [0.3, 0.4) is 0 Å². The van der Waals surface area contributed by atoms with Crippen LogP contribution >= 0.6 is 0 Å². The Morgan fingerprint density at radius 2 is 1.93 bits per heavy atom. The zero-order valence-electron chi connectivity index (χ0n) is 15.1. The van der Waals surface area contributed by atoms with E-state index in [2.05, 4.69) is 16.2 Å². The second kappa shape index (κ2) is 6.37. The number of amides is 5. The number of hydrogen-bond acceptors (Lipinski definition) is 4. The number of carbonyl (C=O) groups excluding carboxylic acids is 4. The van der Waals surface area contributed by atoms with Crippen LogP contribution in [-0.4, -0.2) is 40.7 Å². The number of rotatable bonds is 4. The number of benzene rings is 1. The number of hydrogen-bond donors (Lipinski definition) is 3. The Balaban J connectivity index is 1.32. The summed E-state index contributed by atoms with van der Waals surface area (Å²) in [6.07, 6.45) is 4.84. The molecule has 1 aromatic rings. The van der Waals surface area contributed by atoms with Crippen LogP contribution in [0, 0.1) is 5.92 Å². The van der Waals surface area contributed by atoms with E-state index in [-0.39, 0.29) is 5.92 Å². The lowest BCUT2D eigenvalue weighted by Crippen LogP contribution is -2.49. The molecular weight excluding hydrogens is 348 g/mol.